The average molecular weight is 382 g/mol. The zero-order valence-corrected chi connectivity index (χ0v) is 14.1. The summed E-state index contributed by atoms with van der Waals surface area (Å²) in [6.45, 7) is 0. The lowest BCUT2D eigenvalue weighted by Crippen LogP contribution is -2.63. The molecule has 2 N–H and O–H groups in total. The highest BCUT2D eigenvalue weighted by atomic mass is 79.9. The Balaban J connectivity index is 1.96. The topological polar surface area (TPSA) is 55.6 Å². The van der Waals surface area contributed by atoms with Crippen molar-refractivity contribution in [3.05, 3.63) is 57.5 Å². The normalized spacial score (nSPS) is 20.7. The molecule has 2 atom stereocenters. The Labute approximate surface area is 141 Å². The Bertz CT molecular complexity index is 721. The van der Waals surface area contributed by atoms with Crippen LogP contribution in [-0.4, -0.2) is 19.1 Å². The summed E-state index contributed by atoms with van der Waals surface area (Å²) in [5, 5.41) is 0.461. The number of halogens is 2. The van der Waals surface area contributed by atoms with Gasteiger partial charge in [-0.3, -0.25) is 4.79 Å². The molecule has 0 aliphatic carbocycles. The van der Waals surface area contributed by atoms with Crippen LogP contribution in [0.2, 0.25) is 5.02 Å². The van der Waals surface area contributed by atoms with Gasteiger partial charge in [0.2, 0.25) is 5.91 Å². The predicted octanol–water partition coefficient (Wildman–Crippen LogP) is 3.53. The van der Waals surface area contributed by atoms with Gasteiger partial charge in [0.05, 0.1) is 18.2 Å². The molecule has 1 aliphatic heterocycles. The van der Waals surface area contributed by atoms with Crippen molar-refractivity contribution in [1.82, 2.24) is 0 Å². The third kappa shape index (κ3) is 2.49. The van der Waals surface area contributed by atoms with Crippen LogP contribution in [0.3, 0.4) is 0 Å². The number of methoxy groups -OCH3 is 1. The maximum atomic E-state index is 12.2. The Hall–Kier alpha value is -1.56. The fourth-order valence-corrected chi connectivity index (χ4v) is 3.14. The molecular weight excluding hydrogens is 368 g/mol. The first-order valence-corrected chi connectivity index (χ1v) is 7.87. The summed E-state index contributed by atoms with van der Waals surface area (Å²) >= 11 is 9.56. The van der Waals surface area contributed by atoms with Crippen LogP contribution in [0.25, 0.3) is 0 Å². The zero-order chi connectivity index (χ0) is 15.9. The number of carbonyl (C=O) groups excluding carboxylic acids is 1. The lowest BCUT2D eigenvalue weighted by molar-refractivity contribution is -0.126. The number of ether oxygens (including phenoxy) is 1. The van der Waals surface area contributed by atoms with Crippen molar-refractivity contribution in [3.8, 4) is 5.75 Å². The molecule has 22 heavy (non-hydrogen) atoms. The van der Waals surface area contributed by atoms with Gasteiger partial charge >= 0.3 is 0 Å². The van der Waals surface area contributed by atoms with E-state index in [1.54, 1.807) is 30.2 Å². The van der Waals surface area contributed by atoms with Gasteiger partial charge in [-0.05, 0) is 35.9 Å². The second-order valence-corrected chi connectivity index (χ2v) is 6.37. The molecule has 2 aromatic rings. The number of hydrogen-bond acceptors (Lipinski definition) is 3. The van der Waals surface area contributed by atoms with Gasteiger partial charge in [0, 0.05) is 10.2 Å². The minimum absolute atomic E-state index is 0.117. The maximum Gasteiger partial charge on any atom is 0.247 e. The van der Waals surface area contributed by atoms with Crippen LogP contribution in [0.15, 0.2) is 46.9 Å². The van der Waals surface area contributed by atoms with Crippen molar-refractivity contribution in [3.63, 3.8) is 0 Å². The molecule has 1 amide bonds. The third-order valence-electron chi connectivity index (χ3n) is 3.77. The molecular formula is C16H14BrClN2O2. The standard InChI is InChI=1S/C16H14BrClN2O2/c1-22-13-7-6-11(8-12(13)18)20-15(14(19)16(20)21)9-2-4-10(17)5-3-9/h2-8,14-15H,19H2,1H3/t14-,15-/m0/s1. The van der Waals surface area contributed by atoms with Gasteiger partial charge in [-0.15, -0.1) is 0 Å². The summed E-state index contributed by atoms with van der Waals surface area (Å²) in [5.41, 5.74) is 7.70. The van der Waals surface area contributed by atoms with Crippen LogP contribution in [0.5, 0.6) is 5.75 Å². The summed E-state index contributed by atoms with van der Waals surface area (Å²) in [6, 6.07) is 12.3. The molecule has 2 aromatic carbocycles. The molecule has 1 heterocycles. The molecule has 1 saturated heterocycles. The number of nitrogens with two attached hydrogens (primary N) is 1. The Morgan fingerprint density at radius 1 is 1.23 bits per heavy atom. The van der Waals surface area contributed by atoms with Crippen LogP contribution in [0.4, 0.5) is 5.69 Å². The zero-order valence-electron chi connectivity index (χ0n) is 11.8. The second-order valence-electron chi connectivity index (χ2n) is 5.05. The van der Waals surface area contributed by atoms with Gasteiger partial charge in [0.1, 0.15) is 11.8 Å². The minimum Gasteiger partial charge on any atom is -0.495 e. The van der Waals surface area contributed by atoms with Crippen molar-refractivity contribution in [1.29, 1.82) is 0 Å². The first-order valence-electron chi connectivity index (χ1n) is 6.70. The molecule has 0 spiro atoms. The Morgan fingerprint density at radius 3 is 2.50 bits per heavy atom. The fraction of sp³-hybridized carbons (Fsp3) is 0.188. The molecule has 0 saturated carbocycles. The number of carbonyl (C=O) groups is 1. The molecule has 0 bridgehead atoms. The highest BCUT2D eigenvalue weighted by Gasteiger charge is 2.46. The predicted molar refractivity (Wildman–Crippen MR) is 90.3 cm³/mol. The maximum absolute atomic E-state index is 12.2. The van der Waals surface area contributed by atoms with Gasteiger partial charge in [0.15, 0.2) is 0 Å². The van der Waals surface area contributed by atoms with E-state index in [2.05, 4.69) is 15.9 Å². The lowest BCUT2D eigenvalue weighted by Gasteiger charge is -2.45. The van der Waals surface area contributed by atoms with E-state index < -0.39 is 6.04 Å². The van der Waals surface area contributed by atoms with E-state index in [1.165, 1.54) is 0 Å². The largest absolute Gasteiger partial charge is 0.495 e. The molecule has 0 radical (unpaired) electrons. The number of hydrogen-bond donors (Lipinski definition) is 1. The summed E-state index contributed by atoms with van der Waals surface area (Å²) in [5.74, 6) is 0.456. The summed E-state index contributed by atoms with van der Waals surface area (Å²) in [6.07, 6.45) is 0. The SMILES string of the molecule is COc1ccc(N2C(=O)[C@@H](N)[C@@H]2c2ccc(Br)cc2)cc1Cl. The molecule has 6 heteroatoms. The fourth-order valence-electron chi connectivity index (χ4n) is 2.62. The number of amides is 1. The monoisotopic (exact) mass is 380 g/mol. The summed E-state index contributed by atoms with van der Waals surface area (Å²) < 4.78 is 6.12. The van der Waals surface area contributed by atoms with E-state index >= 15 is 0 Å². The van der Waals surface area contributed by atoms with E-state index in [9.17, 15) is 4.79 Å². The van der Waals surface area contributed by atoms with Crippen molar-refractivity contribution >= 4 is 39.1 Å². The first-order chi connectivity index (χ1) is 10.5. The lowest BCUT2D eigenvalue weighted by atomic mass is 9.88. The first kappa shape index (κ1) is 15.3. The number of rotatable bonds is 3. The molecule has 0 aromatic heterocycles. The Morgan fingerprint density at radius 2 is 1.91 bits per heavy atom. The molecule has 0 unspecified atom stereocenters. The van der Waals surface area contributed by atoms with Crippen LogP contribution < -0.4 is 15.4 Å². The third-order valence-corrected chi connectivity index (χ3v) is 4.59. The Kier molecular flexibility index (Phi) is 4.12. The van der Waals surface area contributed by atoms with Crippen LogP contribution in [-0.2, 0) is 4.79 Å². The number of anilines is 1. The van der Waals surface area contributed by atoms with Crippen LogP contribution in [0.1, 0.15) is 11.6 Å². The molecule has 114 valence electrons. The highest BCUT2D eigenvalue weighted by molar-refractivity contribution is 9.10. The second kappa shape index (κ2) is 5.91. The molecule has 1 fully saturated rings. The summed E-state index contributed by atoms with van der Waals surface area (Å²) in [4.78, 5) is 13.9. The van der Waals surface area contributed by atoms with Crippen molar-refractivity contribution in [2.75, 3.05) is 12.0 Å². The average Bonchev–Trinajstić information content (AvgIpc) is 2.52. The highest BCUT2D eigenvalue weighted by Crippen LogP contribution is 2.40. The van der Waals surface area contributed by atoms with Crippen molar-refractivity contribution < 1.29 is 9.53 Å². The molecule has 4 nitrogen and oxygen atoms in total. The van der Waals surface area contributed by atoms with Gasteiger partial charge in [0.25, 0.3) is 0 Å². The van der Waals surface area contributed by atoms with E-state index in [4.69, 9.17) is 22.1 Å². The van der Waals surface area contributed by atoms with E-state index in [0.29, 0.717) is 16.5 Å². The minimum atomic E-state index is -0.540. The van der Waals surface area contributed by atoms with Crippen LogP contribution in [0, 0.1) is 0 Å². The van der Waals surface area contributed by atoms with E-state index in [1.807, 2.05) is 24.3 Å². The van der Waals surface area contributed by atoms with Crippen molar-refractivity contribution in [2.24, 2.45) is 5.73 Å². The number of benzene rings is 2. The van der Waals surface area contributed by atoms with Gasteiger partial charge in [-0.1, -0.05) is 39.7 Å². The van der Waals surface area contributed by atoms with Gasteiger partial charge in [-0.25, -0.2) is 0 Å². The van der Waals surface area contributed by atoms with Gasteiger partial charge in [-0.2, -0.15) is 0 Å². The van der Waals surface area contributed by atoms with E-state index in [-0.39, 0.29) is 11.9 Å². The smallest absolute Gasteiger partial charge is 0.247 e. The molecule has 1 aliphatic rings. The van der Waals surface area contributed by atoms with E-state index in [0.717, 1.165) is 10.0 Å². The number of nitrogens with zero attached hydrogens (tertiary/aromatic N) is 1. The van der Waals surface area contributed by atoms with Crippen molar-refractivity contribution in [2.45, 2.75) is 12.1 Å². The molecule has 3 rings (SSSR count). The van der Waals surface area contributed by atoms with Gasteiger partial charge < -0.3 is 15.4 Å². The quantitative estimate of drug-likeness (QED) is 0.828. The summed E-state index contributed by atoms with van der Waals surface area (Å²) in [7, 11) is 1.55. The van der Waals surface area contributed by atoms with Crippen LogP contribution >= 0.6 is 27.5 Å². The number of β-lactam (4-membered cyclic amide) rings is 1.